The molecule has 0 saturated carbocycles. The van der Waals surface area contributed by atoms with Gasteiger partial charge in [0, 0.05) is 17.1 Å². The number of anilines is 1. The zero-order chi connectivity index (χ0) is 15.5. The van der Waals surface area contributed by atoms with Gasteiger partial charge in [0.2, 0.25) is 0 Å². The van der Waals surface area contributed by atoms with Gasteiger partial charge < -0.3 is 5.32 Å². The molecule has 0 aromatic heterocycles. The highest BCUT2D eigenvalue weighted by Gasteiger charge is 2.30. The minimum atomic E-state index is -4.48. The van der Waals surface area contributed by atoms with E-state index in [0.717, 1.165) is 12.1 Å². The summed E-state index contributed by atoms with van der Waals surface area (Å²) in [6, 6.07) is 11.1. The average molecular weight is 314 g/mol. The van der Waals surface area contributed by atoms with Crippen LogP contribution >= 0.6 is 11.6 Å². The molecule has 0 fully saturated rings. The van der Waals surface area contributed by atoms with Crippen LogP contribution in [0.25, 0.3) is 0 Å². The van der Waals surface area contributed by atoms with Crippen molar-refractivity contribution < 1.29 is 18.0 Å². The molecular weight excluding hydrogens is 303 g/mol. The fourth-order valence-corrected chi connectivity index (χ4v) is 2.02. The second kappa shape index (κ2) is 6.18. The summed E-state index contributed by atoms with van der Waals surface area (Å²) >= 11 is 5.75. The Bertz CT molecular complexity index is 655. The molecule has 2 aromatic carbocycles. The van der Waals surface area contributed by atoms with Gasteiger partial charge in [-0.3, -0.25) is 4.79 Å². The number of carbonyl (C=O) groups is 1. The van der Waals surface area contributed by atoms with Crippen LogP contribution in [0, 0.1) is 0 Å². The third-order valence-corrected chi connectivity index (χ3v) is 3.15. The lowest BCUT2D eigenvalue weighted by Gasteiger charge is -2.11. The summed E-state index contributed by atoms with van der Waals surface area (Å²) < 4.78 is 37.9. The van der Waals surface area contributed by atoms with Gasteiger partial charge in [-0.1, -0.05) is 24.3 Å². The Hall–Kier alpha value is -2.01. The van der Waals surface area contributed by atoms with E-state index in [1.807, 2.05) is 0 Å². The van der Waals surface area contributed by atoms with E-state index in [4.69, 9.17) is 11.6 Å². The summed E-state index contributed by atoms with van der Waals surface area (Å²) in [5.74, 6) is -0.419. The molecule has 110 valence electrons. The lowest BCUT2D eigenvalue weighted by Crippen LogP contribution is -2.14. The van der Waals surface area contributed by atoms with E-state index in [-0.39, 0.29) is 11.4 Å². The molecule has 0 aliphatic rings. The van der Waals surface area contributed by atoms with Gasteiger partial charge >= 0.3 is 6.18 Å². The molecule has 6 heteroatoms. The van der Waals surface area contributed by atoms with E-state index in [1.165, 1.54) is 12.1 Å². The van der Waals surface area contributed by atoms with Crippen LogP contribution in [0.5, 0.6) is 0 Å². The number of rotatable bonds is 3. The highest BCUT2D eigenvalue weighted by Crippen LogP contribution is 2.29. The standard InChI is InChI=1S/C15H11ClF3NO/c16-9-11-4-1-2-7-13(11)20-14(21)10-5-3-6-12(8-10)15(17,18)19/h1-8H,9H2,(H,20,21). The predicted octanol–water partition coefficient (Wildman–Crippen LogP) is 4.70. The maximum atomic E-state index is 12.6. The normalized spacial score (nSPS) is 11.2. The number of carbonyl (C=O) groups excluding carboxylic acids is 1. The first-order valence-corrected chi connectivity index (χ1v) is 6.58. The lowest BCUT2D eigenvalue weighted by molar-refractivity contribution is -0.137. The number of hydrogen-bond donors (Lipinski definition) is 1. The van der Waals surface area contributed by atoms with Gasteiger partial charge in [0.15, 0.2) is 0 Å². The minimum Gasteiger partial charge on any atom is -0.322 e. The molecular formula is C15H11ClF3NO. The van der Waals surface area contributed by atoms with Crippen molar-refractivity contribution in [3.05, 3.63) is 65.2 Å². The van der Waals surface area contributed by atoms with Crippen LogP contribution in [0.2, 0.25) is 0 Å². The van der Waals surface area contributed by atoms with Crippen LogP contribution in [-0.2, 0) is 12.1 Å². The molecule has 0 aliphatic carbocycles. The Labute approximate surface area is 124 Å². The summed E-state index contributed by atoms with van der Waals surface area (Å²) in [5.41, 5.74) is 0.254. The Morgan fingerprint density at radius 3 is 2.48 bits per heavy atom. The van der Waals surface area contributed by atoms with Crippen LogP contribution in [0.1, 0.15) is 21.5 Å². The zero-order valence-corrected chi connectivity index (χ0v) is 11.5. The van der Waals surface area contributed by atoms with Gasteiger partial charge in [-0.2, -0.15) is 13.2 Å². The van der Waals surface area contributed by atoms with E-state index in [0.29, 0.717) is 11.3 Å². The third-order valence-electron chi connectivity index (χ3n) is 2.86. The van der Waals surface area contributed by atoms with Gasteiger partial charge in [-0.05, 0) is 29.8 Å². The number of hydrogen-bond acceptors (Lipinski definition) is 1. The highest BCUT2D eigenvalue weighted by molar-refractivity contribution is 6.17. The van der Waals surface area contributed by atoms with Crippen molar-refractivity contribution in [2.24, 2.45) is 0 Å². The fourth-order valence-electron chi connectivity index (χ4n) is 1.79. The van der Waals surface area contributed by atoms with Crippen molar-refractivity contribution in [2.75, 3.05) is 5.32 Å². The van der Waals surface area contributed by atoms with Crippen molar-refractivity contribution in [3.8, 4) is 0 Å². The zero-order valence-electron chi connectivity index (χ0n) is 10.7. The number of nitrogens with one attached hydrogen (secondary N) is 1. The Balaban J connectivity index is 2.25. The summed E-state index contributed by atoms with van der Waals surface area (Å²) in [4.78, 5) is 12.0. The van der Waals surface area contributed by atoms with Gasteiger partial charge in [0.1, 0.15) is 0 Å². The molecule has 2 nitrogen and oxygen atoms in total. The van der Waals surface area contributed by atoms with Crippen molar-refractivity contribution in [2.45, 2.75) is 12.1 Å². The molecule has 1 amide bonds. The summed E-state index contributed by atoms with van der Waals surface area (Å²) in [7, 11) is 0. The van der Waals surface area contributed by atoms with Crippen molar-refractivity contribution in [1.29, 1.82) is 0 Å². The topological polar surface area (TPSA) is 29.1 Å². The first kappa shape index (κ1) is 15.4. The maximum absolute atomic E-state index is 12.6. The van der Waals surface area contributed by atoms with Crippen molar-refractivity contribution in [3.63, 3.8) is 0 Å². The highest BCUT2D eigenvalue weighted by atomic mass is 35.5. The maximum Gasteiger partial charge on any atom is 0.416 e. The van der Waals surface area contributed by atoms with Gasteiger partial charge in [0.25, 0.3) is 5.91 Å². The first-order valence-electron chi connectivity index (χ1n) is 6.04. The van der Waals surface area contributed by atoms with Gasteiger partial charge in [-0.25, -0.2) is 0 Å². The van der Waals surface area contributed by atoms with Crippen LogP contribution in [-0.4, -0.2) is 5.91 Å². The summed E-state index contributed by atoms with van der Waals surface area (Å²) in [6.45, 7) is 0. The van der Waals surface area contributed by atoms with Gasteiger partial charge in [-0.15, -0.1) is 11.6 Å². The Morgan fingerprint density at radius 1 is 1.10 bits per heavy atom. The lowest BCUT2D eigenvalue weighted by atomic mass is 10.1. The molecule has 0 heterocycles. The number of para-hydroxylation sites is 1. The van der Waals surface area contributed by atoms with E-state index in [9.17, 15) is 18.0 Å². The monoisotopic (exact) mass is 313 g/mol. The quantitative estimate of drug-likeness (QED) is 0.818. The third kappa shape index (κ3) is 3.76. The van der Waals surface area contributed by atoms with Crippen LogP contribution in [0.4, 0.5) is 18.9 Å². The molecule has 0 spiro atoms. The largest absolute Gasteiger partial charge is 0.416 e. The second-order valence-electron chi connectivity index (χ2n) is 4.32. The van der Waals surface area contributed by atoms with E-state index in [1.54, 1.807) is 24.3 Å². The number of amides is 1. The molecule has 0 atom stereocenters. The summed E-state index contributed by atoms with van der Waals surface area (Å²) in [5, 5.41) is 2.57. The number of halogens is 4. The molecule has 21 heavy (non-hydrogen) atoms. The average Bonchev–Trinajstić information content (AvgIpc) is 2.47. The molecule has 0 bridgehead atoms. The minimum absolute atomic E-state index is 0.0609. The van der Waals surface area contributed by atoms with E-state index < -0.39 is 17.6 Å². The molecule has 0 saturated heterocycles. The first-order chi connectivity index (χ1) is 9.91. The molecule has 0 radical (unpaired) electrons. The summed E-state index contributed by atoms with van der Waals surface area (Å²) in [6.07, 6.45) is -4.48. The van der Waals surface area contributed by atoms with Crippen LogP contribution in [0.15, 0.2) is 48.5 Å². The smallest absolute Gasteiger partial charge is 0.322 e. The molecule has 0 unspecified atom stereocenters. The Morgan fingerprint density at radius 2 is 1.81 bits per heavy atom. The fraction of sp³-hybridized carbons (Fsp3) is 0.133. The Kier molecular flexibility index (Phi) is 4.53. The van der Waals surface area contributed by atoms with Crippen molar-refractivity contribution in [1.82, 2.24) is 0 Å². The molecule has 2 aromatic rings. The second-order valence-corrected chi connectivity index (χ2v) is 4.59. The molecule has 2 rings (SSSR count). The number of alkyl halides is 4. The molecule has 1 N–H and O–H groups in total. The van der Waals surface area contributed by atoms with Crippen molar-refractivity contribution >= 4 is 23.2 Å². The van der Waals surface area contributed by atoms with E-state index in [2.05, 4.69) is 5.32 Å². The predicted molar refractivity (Wildman–Crippen MR) is 75.4 cm³/mol. The van der Waals surface area contributed by atoms with Gasteiger partial charge in [0.05, 0.1) is 5.56 Å². The van der Waals surface area contributed by atoms with Crippen LogP contribution in [0.3, 0.4) is 0 Å². The number of benzene rings is 2. The molecule has 0 aliphatic heterocycles. The van der Waals surface area contributed by atoms with Crippen LogP contribution < -0.4 is 5.32 Å². The van der Waals surface area contributed by atoms with E-state index >= 15 is 0 Å². The SMILES string of the molecule is O=C(Nc1ccccc1CCl)c1cccc(C(F)(F)F)c1.